The van der Waals surface area contributed by atoms with Crippen LogP contribution >= 0.6 is 11.3 Å². The average molecular weight is 572 g/mol. The summed E-state index contributed by atoms with van der Waals surface area (Å²) in [4.78, 5) is 33.0. The van der Waals surface area contributed by atoms with Crippen LogP contribution in [0, 0.1) is 0 Å². The van der Waals surface area contributed by atoms with Crippen molar-refractivity contribution in [1.29, 1.82) is 0 Å². The molecule has 1 N–H and O–H groups in total. The van der Waals surface area contributed by atoms with Gasteiger partial charge in [0.25, 0.3) is 11.5 Å². The number of anilines is 1. The predicted molar refractivity (Wildman–Crippen MR) is 158 cm³/mol. The maximum absolute atomic E-state index is 14.1. The van der Waals surface area contributed by atoms with Gasteiger partial charge < -0.3 is 24.3 Å². The van der Waals surface area contributed by atoms with Gasteiger partial charge in [-0.15, -0.1) is 0 Å². The third kappa shape index (κ3) is 5.33. The Balaban J connectivity index is 1.72. The van der Waals surface area contributed by atoms with Crippen molar-refractivity contribution >= 4 is 29.0 Å². The maximum atomic E-state index is 14.1. The first-order valence-corrected chi connectivity index (χ1v) is 13.5. The van der Waals surface area contributed by atoms with Crippen LogP contribution in [-0.4, -0.2) is 38.9 Å². The number of rotatable bonds is 8. The smallest absolute Gasteiger partial charge is 0.271 e. The Labute approximate surface area is 240 Å². The molecule has 5 rings (SSSR count). The molecule has 1 unspecified atom stereocenters. The minimum atomic E-state index is -0.744. The molecule has 1 aromatic heterocycles. The van der Waals surface area contributed by atoms with Crippen molar-refractivity contribution in [2.45, 2.75) is 13.0 Å². The molecule has 0 bridgehead atoms. The molecule has 9 nitrogen and oxygen atoms in total. The van der Waals surface area contributed by atoms with Gasteiger partial charge in [-0.05, 0) is 42.8 Å². The van der Waals surface area contributed by atoms with Crippen LogP contribution in [-0.2, 0) is 4.79 Å². The molecule has 0 spiro atoms. The first kappa shape index (κ1) is 27.7. The molecule has 1 amide bonds. The Morgan fingerprint density at radius 1 is 0.902 bits per heavy atom. The highest BCUT2D eigenvalue weighted by molar-refractivity contribution is 7.07. The molecule has 0 radical (unpaired) electrons. The Kier molecular flexibility index (Phi) is 7.93. The summed E-state index contributed by atoms with van der Waals surface area (Å²) in [5, 5.41) is 2.96. The molecule has 1 aliphatic rings. The zero-order valence-corrected chi connectivity index (χ0v) is 24.1. The fourth-order valence-electron chi connectivity index (χ4n) is 4.76. The second-order valence-electron chi connectivity index (χ2n) is 9.12. The molecule has 1 atom stereocenters. The van der Waals surface area contributed by atoms with Gasteiger partial charge >= 0.3 is 0 Å². The molecule has 4 aromatic rings. The number of amides is 1. The van der Waals surface area contributed by atoms with Crippen molar-refractivity contribution in [3.05, 3.63) is 109 Å². The molecule has 0 saturated carbocycles. The van der Waals surface area contributed by atoms with Crippen LogP contribution < -0.4 is 39.2 Å². The minimum Gasteiger partial charge on any atom is -0.497 e. The fraction of sp³-hybridized carbons (Fsp3) is 0.194. The number of para-hydroxylation sites is 1. The van der Waals surface area contributed by atoms with E-state index in [0.29, 0.717) is 60.4 Å². The predicted octanol–water partition coefficient (Wildman–Crippen LogP) is 3.91. The van der Waals surface area contributed by atoms with E-state index in [1.807, 2.05) is 42.5 Å². The number of nitrogens with one attached hydrogen (secondary N) is 1. The van der Waals surface area contributed by atoms with E-state index in [1.54, 1.807) is 56.1 Å². The largest absolute Gasteiger partial charge is 0.497 e. The average Bonchev–Trinajstić information content (AvgIpc) is 3.30. The van der Waals surface area contributed by atoms with Gasteiger partial charge in [-0.25, -0.2) is 4.99 Å². The summed E-state index contributed by atoms with van der Waals surface area (Å²) in [6, 6.07) is 19.2. The van der Waals surface area contributed by atoms with E-state index in [4.69, 9.17) is 23.9 Å². The van der Waals surface area contributed by atoms with Gasteiger partial charge in [0.05, 0.1) is 55.8 Å². The number of aromatic nitrogens is 1. The van der Waals surface area contributed by atoms with E-state index in [0.717, 1.165) is 0 Å². The van der Waals surface area contributed by atoms with Crippen molar-refractivity contribution in [3.63, 3.8) is 0 Å². The lowest BCUT2D eigenvalue weighted by Crippen LogP contribution is -2.40. The van der Waals surface area contributed by atoms with Crippen LogP contribution in [0.4, 0.5) is 5.69 Å². The topological polar surface area (TPSA) is 100 Å². The first-order chi connectivity index (χ1) is 19.9. The van der Waals surface area contributed by atoms with Crippen LogP contribution in [0.25, 0.3) is 6.08 Å². The number of carbonyl (C=O) groups excluding carboxylic acids is 1. The second kappa shape index (κ2) is 11.7. The molecule has 0 fully saturated rings. The SMILES string of the molecule is COc1cccc(C2C(C(=O)Nc3ccccc3)=C(C)N=c3s/c(=C\c4c(OC)cc(OC)cc4OC)c(=O)n32)c1. The Morgan fingerprint density at radius 2 is 1.59 bits per heavy atom. The van der Waals surface area contributed by atoms with Gasteiger partial charge in [-0.2, -0.15) is 0 Å². The lowest BCUT2D eigenvalue weighted by Gasteiger charge is -2.25. The van der Waals surface area contributed by atoms with Gasteiger partial charge in [0.1, 0.15) is 23.0 Å². The summed E-state index contributed by atoms with van der Waals surface area (Å²) in [6.45, 7) is 1.78. The van der Waals surface area contributed by atoms with E-state index in [-0.39, 0.29) is 11.5 Å². The molecule has 3 aromatic carbocycles. The summed E-state index contributed by atoms with van der Waals surface area (Å²) in [7, 11) is 6.20. The fourth-order valence-corrected chi connectivity index (χ4v) is 5.79. The Bertz CT molecular complexity index is 1800. The van der Waals surface area contributed by atoms with Crippen LogP contribution in [0.1, 0.15) is 24.1 Å². The van der Waals surface area contributed by atoms with E-state index >= 15 is 0 Å². The second-order valence-corrected chi connectivity index (χ2v) is 10.1. The summed E-state index contributed by atoms with van der Waals surface area (Å²) >= 11 is 1.22. The number of hydrogen-bond donors (Lipinski definition) is 1. The molecular weight excluding hydrogens is 542 g/mol. The van der Waals surface area contributed by atoms with Crippen LogP contribution in [0.5, 0.6) is 23.0 Å². The van der Waals surface area contributed by atoms with Crippen LogP contribution in [0.15, 0.2) is 87.8 Å². The van der Waals surface area contributed by atoms with Crippen molar-refractivity contribution in [2.75, 3.05) is 33.8 Å². The van der Waals surface area contributed by atoms with Crippen LogP contribution in [0.2, 0.25) is 0 Å². The van der Waals surface area contributed by atoms with Crippen molar-refractivity contribution in [1.82, 2.24) is 4.57 Å². The van der Waals surface area contributed by atoms with E-state index in [9.17, 15) is 9.59 Å². The molecule has 10 heteroatoms. The van der Waals surface area contributed by atoms with Crippen molar-refractivity contribution in [2.24, 2.45) is 4.99 Å². The normalized spacial score (nSPS) is 14.7. The zero-order valence-electron chi connectivity index (χ0n) is 23.3. The molecule has 210 valence electrons. The number of benzene rings is 3. The molecule has 0 saturated heterocycles. The summed E-state index contributed by atoms with van der Waals surface area (Å²) in [5.41, 5.74) is 2.50. The van der Waals surface area contributed by atoms with E-state index in [2.05, 4.69) is 5.32 Å². The van der Waals surface area contributed by atoms with Gasteiger partial charge in [0.2, 0.25) is 0 Å². The van der Waals surface area contributed by atoms with Gasteiger partial charge in [0, 0.05) is 17.8 Å². The number of fused-ring (bicyclic) bond motifs is 1. The zero-order chi connectivity index (χ0) is 29.1. The van der Waals surface area contributed by atoms with Gasteiger partial charge in [0.15, 0.2) is 4.80 Å². The standard InChI is InChI=1S/C31H29N3O6S/c1-18-27(29(35)33-20-11-7-6-8-12-20)28(19-10-9-13-21(14-19)37-2)34-30(36)26(41-31(34)32-18)17-23-24(39-4)15-22(38-3)16-25(23)40-5/h6-17,28H,1-5H3,(H,33,35)/b26-17-. The molecule has 41 heavy (non-hydrogen) atoms. The number of thiazole rings is 1. The van der Waals surface area contributed by atoms with Crippen molar-refractivity contribution in [3.8, 4) is 23.0 Å². The van der Waals surface area contributed by atoms with Gasteiger partial charge in [-0.1, -0.05) is 41.7 Å². The Morgan fingerprint density at radius 3 is 2.22 bits per heavy atom. The summed E-state index contributed by atoms with van der Waals surface area (Å²) < 4.78 is 24.0. The number of carbonyl (C=O) groups is 1. The number of nitrogens with zero attached hydrogens (tertiary/aromatic N) is 2. The lowest BCUT2D eigenvalue weighted by molar-refractivity contribution is -0.113. The highest BCUT2D eigenvalue weighted by Gasteiger charge is 2.33. The number of ether oxygens (including phenoxy) is 4. The molecule has 1 aliphatic heterocycles. The number of hydrogen-bond acceptors (Lipinski definition) is 8. The Hall–Kier alpha value is -4.83. The van der Waals surface area contributed by atoms with Crippen LogP contribution in [0.3, 0.4) is 0 Å². The summed E-state index contributed by atoms with van der Waals surface area (Å²) in [5.74, 6) is 1.78. The molecular formula is C31H29N3O6S. The quantitative estimate of drug-likeness (QED) is 0.344. The van der Waals surface area contributed by atoms with E-state index < -0.39 is 6.04 Å². The third-order valence-corrected chi connectivity index (χ3v) is 7.72. The highest BCUT2D eigenvalue weighted by Crippen LogP contribution is 2.35. The highest BCUT2D eigenvalue weighted by atomic mass is 32.1. The van der Waals surface area contributed by atoms with Gasteiger partial charge in [-0.3, -0.25) is 14.2 Å². The van der Waals surface area contributed by atoms with Crippen molar-refractivity contribution < 1.29 is 23.7 Å². The maximum Gasteiger partial charge on any atom is 0.271 e. The van der Waals surface area contributed by atoms with E-state index in [1.165, 1.54) is 25.6 Å². The summed E-state index contributed by atoms with van der Waals surface area (Å²) in [6.07, 6.45) is 1.71. The minimum absolute atomic E-state index is 0.306. The monoisotopic (exact) mass is 571 g/mol. The number of allylic oxidation sites excluding steroid dienone is 1. The first-order valence-electron chi connectivity index (χ1n) is 12.7. The molecule has 0 aliphatic carbocycles. The lowest BCUT2D eigenvalue weighted by atomic mass is 9.95. The third-order valence-electron chi connectivity index (χ3n) is 6.74. The number of methoxy groups -OCH3 is 4. The molecule has 2 heterocycles.